The Kier molecular flexibility index (Phi) is 1.56. The van der Waals surface area contributed by atoms with Gasteiger partial charge in [-0.3, -0.25) is 4.79 Å². The fourth-order valence-corrected chi connectivity index (χ4v) is 1.69. The van der Waals surface area contributed by atoms with Crippen LogP contribution in [0.4, 0.5) is 17.1 Å². The second-order valence-electron chi connectivity index (χ2n) is 3.39. The van der Waals surface area contributed by atoms with Crippen LogP contribution in [0.1, 0.15) is 10.5 Å². The topological polar surface area (TPSA) is 56.9 Å². The SMILES string of the molecule is O=C1Nc2ccccc2Nc2cc[nH]c21. The van der Waals surface area contributed by atoms with Crippen LogP contribution in [0.2, 0.25) is 0 Å². The van der Waals surface area contributed by atoms with E-state index < -0.39 is 0 Å². The number of aromatic amines is 1. The lowest BCUT2D eigenvalue weighted by molar-refractivity contribution is 0.102. The van der Waals surface area contributed by atoms with Gasteiger partial charge in [-0.1, -0.05) is 12.1 Å². The average Bonchev–Trinajstić information content (AvgIpc) is 2.64. The number of nitrogens with one attached hydrogen (secondary N) is 3. The minimum absolute atomic E-state index is 0.118. The number of carbonyl (C=O) groups is 1. The molecule has 1 aromatic heterocycles. The van der Waals surface area contributed by atoms with Gasteiger partial charge >= 0.3 is 0 Å². The van der Waals surface area contributed by atoms with E-state index in [9.17, 15) is 4.79 Å². The number of rotatable bonds is 0. The highest BCUT2D eigenvalue weighted by molar-refractivity contribution is 6.10. The Bertz CT molecular complexity index is 530. The molecule has 1 aromatic carbocycles. The molecule has 1 amide bonds. The third kappa shape index (κ3) is 1.19. The quantitative estimate of drug-likeness (QED) is 0.609. The van der Waals surface area contributed by atoms with E-state index in [1.165, 1.54) is 0 Å². The molecule has 0 unspecified atom stereocenters. The highest BCUT2D eigenvalue weighted by atomic mass is 16.1. The molecular formula is C11H9N3O. The van der Waals surface area contributed by atoms with Crippen molar-refractivity contribution in [3.8, 4) is 0 Å². The van der Waals surface area contributed by atoms with Crippen molar-refractivity contribution < 1.29 is 4.79 Å². The van der Waals surface area contributed by atoms with E-state index in [4.69, 9.17) is 0 Å². The lowest BCUT2D eigenvalue weighted by atomic mass is 10.2. The molecule has 15 heavy (non-hydrogen) atoms. The number of carbonyl (C=O) groups excluding carboxylic acids is 1. The molecule has 2 aromatic rings. The van der Waals surface area contributed by atoms with Gasteiger partial charge in [-0.15, -0.1) is 0 Å². The smallest absolute Gasteiger partial charge is 0.274 e. The van der Waals surface area contributed by atoms with E-state index in [0.717, 1.165) is 17.1 Å². The molecule has 1 aliphatic heterocycles. The molecule has 4 heteroatoms. The monoisotopic (exact) mass is 199 g/mol. The van der Waals surface area contributed by atoms with E-state index in [-0.39, 0.29) is 5.91 Å². The number of H-pyrrole nitrogens is 1. The van der Waals surface area contributed by atoms with Gasteiger partial charge in [0, 0.05) is 6.20 Å². The standard InChI is InChI=1S/C11H9N3O/c15-11-10-9(5-6-12-10)13-7-3-1-2-4-8(7)14-11/h1-6,12-13H,(H,14,15). The summed E-state index contributed by atoms with van der Waals surface area (Å²) in [5.74, 6) is -0.118. The van der Waals surface area contributed by atoms with Gasteiger partial charge in [0.15, 0.2) is 0 Å². The minimum Gasteiger partial charge on any atom is -0.355 e. The van der Waals surface area contributed by atoms with Crippen LogP contribution in [0.25, 0.3) is 0 Å². The van der Waals surface area contributed by atoms with Gasteiger partial charge in [0.05, 0.1) is 17.1 Å². The first-order valence-electron chi connectivity index (χ1n) is 4.69. The van der Waals surface area contributed by atoms with E-state index >= 15 is 0 Å². The van der Waals surface area contributed by atoms with Crippen LogP contribution >= 0.6 is 0 Å². The van der Waals surface area contributed by atoms with Gasteiger partial charge in [0.1, 0.15) is 5.69 Å². The lowest BCUT2D eigenvalue weighted by Gasteiger charge is -2.06. The Morgan fingerprint density at radius 3 is 2.40 bits per heavy atom. The highest BCUT2D eigenvalue weighted by Gasteiger charge is 2.18. The number of hydrogen-bond acceptors (Lipinski definition) is 2. The summed E-state index contributed by atoms with van der Waals surface area (Å²) in [7, 11) is 0. The van der Waals surface area contributed by atoms with Crippen LogP contribution in [0.15, 0.2) is 36.5 Å². The van der Waals surface area contributed by atoms with Crippen LogP contribution in [0.3, 0.4) is 0 Å². The maximum Gasteiger partial charge on any atom is 0.274 e. The first-order chi connectivity index (χ1) is 7.34. The third-order valence-corrected chi connectivity index (χ3v) is 2.42. The number of fused-ring (bicyclic) bond motifs is 2. The van der Waals surface area contributed by atoms with Crippen molar-refractivity contribution in [1.29, 1.82) is 0 Å². The Labute approximate surface area is 86.3 Å². The summed E-state index contributed by atoms with van der Waals surface area (Å²) in [5, 5.41) is 6.03. The summed E-state index contributed by atoms with van der Waals surface area (Å²) in [6.07, 6.45) is 1.74. The van der Waals surface area contributed by atoms with Crippen LogP contribution in [0.5, 0.6) is 0 Å². The van der Waals surface area contributed by atoms with E-state index in [0.29, 0.717) is 5.69 Å². The van der Waals surface area contributed by atoms with Gasteiger partial charge in [-0.25, -0.2) is 0 Å². The first-order valence-corrected chi connectivity index (χ1v) is 4.69. The Hall–Kier alpha value is -2.23. The number of benzene rings is 1. The molecule has 0 atom stereocenters. The Balaban J connectivity index is 2.18. The summed E-state index contributed by atoms with van der Waals surface area (Å²) >= 11 is 0. The molecule has 74 valence electrons. The molecular weight excluding hydrogens is 190 g/mol. The molecule has 4 nitrogen and oxygen atoms in total. The van der Waals surface area contributed by atoms with Crippen LogP contribution < -0.4 is 10.6 Å². The van der Waals surface area contributed by atoms with Crippen LogP contribution in [0, 0.1) is 0 Å². The summed E-state index contributed by atoms with van der Waals surface area (Å²) < 4.78 is 0. The Morgan fingerprint density at radius 1 is 0.867 bits per heavy atom. The van der Waals surface area contributed by atoms with Gasteiger partial charge in [-0.05, 0) is 18.2 Å². The average molecular weight is 199 g/mol. The van der Waals surface area contributed by atoms with E-state index in [2.05, 4.69) is 15.6 Å². The number of amides is 1. The van der Waals surface area contributed by atoms with Crippen molar-refractivity contribution in [2.45, 2.75) is 0 Å². The zero-order chi connectivity index (χ0) is 10.3. The summed E-state index contributed by atoms with van der Waals surface area (Å²) in [5.41, 5.74) is 3.07. The van der Waals surface area contributed by atoms with Crippen molar-refractivity contribution in [3.63, 3.8) is 0 Å². The number of anilines is 3. The maximum atomic E-state index is 11.7. The second-order valence-corrected chi connectivity index (χ2v) is 3.39. The first kappa shape index (κ1) is 8.11. The summed E-state index contributed by atoms with van der Waals surface area (Å²) in [4.78, 5) is 14.7. The van der Waals surface area contributed by atoms with Crippen molar-refractivity contribution in [3.05, 3.63) is 42.2 Å². The van der Waals surface area contributed by atoms with E-state index in [1.54, 1.807) is 6.20 Å². The molecule has 0 saturated carbocycles. The van der Waals surface area contributed by atoms with Crippen molar-refractivity contribution in [2.24, 2.45) is 0 Å². The van der Waals surface area contributed by atoms with E-state index in [1.807, 2.05) is 30.3 Å². The largest absolute Gasteiger partial charge is 0.355 e. The molecule has 0 bridgehead atoms. The highest BCUT2D eigenvalue weighted by Crippen LogP contribution is 2.30. The zero-order valence-corrected chi connectivity index (χ0v) is 7.87. The normalized spacial score (nSPS) is 13.2. The molecule has 3 rings (SSSR count). The number of para-hydroxylation sites is 2. The van der Waals surface area contributed by atoms with Crippen molar-refractivity contribution in [1.82, 2.24) is 4.98 Å². The minimum atomic E-state index is -0.118. The van der Waals surface area contributed by atoms with Gasteiger partial charge < -0.3 is 15.6 Å². The molecule has 0 aliphatic carbocycles. The van der Waals surface area contributed by atoms with Crippen LogP contribution in [-0.2, 0) is 0 Å². The fourth-order valence-electron chi connectivity index (χ4n) is 1.69. The maximum absolute atomic E-state index is 11.7. The molecule has 0 saturated heterocycles. The zero-order valence-electron chi connectivity index (χ0n) is 7.87. The van der Waals surface area contributed by atoms with Crippen molar-refractivity contribution in [2.75, 3.05) is 10.6 Å². The number of hydrogen-bond donors (Lipinski definition) is 3. The summed E-state index contributed by atoms with van der Waals surface area (Å²) in [6, 6.07) is 9.46. The van der Waals surface area contributed by atoms with Crippen LogP contribution in [-0.4, -0.2) is 10.9 Å². The molecule has 0 radical (unpaired) electrons. The lowest BCUT2D eigenvalue weighted by Crippen LogP contribution is -2.10. The Morgan fingerprint density at radius 2 is 1.60 bits per heavy atom. The molecule has 0 spiro atoms. The second kappa shape index (κ2) is 2.88. The van der Waals surface area contributed by atoms with Gasteiger partial charge in [0.25, 0.3) is 5.91 Å². The van der Waals surface area contributed by atoms with Crippen molar-refractivity contribution >= 4 is 23.0 Å². The predicted molar refractivity (Wildman–Crippen MR) is 58.5 cm³/mol. The molecule has 0 fully saturated rings. The molecule has 2 heterocycles. The molecule has 1 aliphatic rings. The fraction of sp³-hybridized carbons (Fsp3) is 0. The predicted octanol–water partition coefficient (Wildman–Crippen LogP) is 2.32. The third-order valence-electron chi connectivity index (χ3n) is 2.42. The summed E-state index contributed by atoms with van der Waals surface area (Å²) in [6.45, 7) is 0. The molecule has 3 N–H and O–H groups in total. The number of aromatic nitrogens is 1. The van der Waals surface area contributed by atoms with Gasteiger partial charge in [0.2, 0.25) is 0 Å². The van der Waals surface area contributed by atoms with Gasteiger partial charge in [-0.2, -0.15) is 0 Å².